The SMILES string of the molecule is CC.CC(C)C1N(CC2=CCCC=C2)CC12CCCC2. The molecule has 3 aliphatic rings. The number of hydrogen-bond donors (Lipinski definition) is 0. The van der Waals surface area contributed by atoms with E-state index in [-0.39, 0.29) is 0 Å². The molecular weight excluding hydrogens is 242 g/mol. The van der Waals surface area contributed by atoms with Crippen molar-refractivity contribution in [3.05, 3.63) is 23.8 Å². The molecule has 3 rings (SSSR count). The Kier molecular flexibility index (Phi) is 5.49. The maximum atomic E-state index is 2.75. The van der Waals surface area contributed by atoms with E-state index in [1.165, 1.54) is 51.6 Å². The molecule has 1 spiro atoms. The average Bonchev–Trinajstić information content (AvgIpc) is 2.92. The lowest BCUT2D eigenvalue weighted by atomic mass is 9.65. The Morgan fingerprint density at radius 3 is 2.45 bits per heavy atom. The minimum Gasteiger partial charge on any atom is -0.295 e. The second kappa shape index (κ2) is 6.93. The second-order valence-corrected chi connectivity index (χ2v) is 6.92. The molecule has 1 saturated heterocycles. The zero-order chi connectivity index (χ0) is 14.6. The zero-order valence-corrected chi connectivity index (χ0v) is 14.0. The lowest BCUT2D eigenvalue weighted by molar-refractivity contribution is -0.0879. The van der Waals surface area contributed by atoms with Crippen molar-refractivity contribution in [1.82, 2.24) is 4.90 Å². The molecule has 1 aliphatic heterocycles. The van der Waals surface area contributed by atoms with Crippen molar-refractivity contribution in [3.63, 3.8) is 0 Å². The van der Waals surface area contributed by atoms with Crippen LogP contribution >= 0.6 is 0 Å². The Bertz CT molecular complexity index is 358. The Balaban J connectivity index is 0.000000704. The van der Waals surface area contributed by atoms with Gasteiger partial charge < -0.3 is 0 Å². The van der Waals surface area contributed by atoms with Gasteiger partial charge in [0.15, 0.2) is 0 Å². The summed E-state index contributed by atoms with van der Waals surface area (Å²) in [6, 6.07) is 0.844. The fourth-order valence-electron chi connectivity index (χ4n) is 4.71. The van der Waals surface area contributed by atoms with E-state index in [1.807, 2.05) is 13.8 Å². The molecule has 1 saturated carbocycles. The number of hydrogen-bond acceptors (Lipinski definition) is 1. The molecule has 1 nitrogen and oxygen atoms in total. The van der Waals surface area contributed by atoms with Crippen LogP contribution in [-0.2, 0) is 0 Å². The quantitative estimate of drug-likeness (QED) is 0.685. The number of allylic oxidation sites excluding steroid dienone is 2. The molecule has 1 heteroatoms. The number of likely N-dealkylation sites (tertiary alicyclic amines) is 1. The highest BCUT2D eigenvalue weighted by atomic mass is 15.3. The molecule has 2 fully saturated rings. The molecule has 0 aromatic carbocycles. The summed E-state index contributed by atoms with van der Waals surface area (Å²) in [5.74, 6) is 0.810. The van der Waals surface area contributed by atoms with Crippen molar-refractivity contribution in [2.75, 3.05) is 13.1 Å². The van der Waals surface area contributed by atoms with Gasteiger partial charge in [0.1, 0.15) is 0 Å². The van der Waals surface area contributed by atoms with Gasteiger partial charge in [-0.15, -0.1) is 0 Å². The average molecular weight is 275 g/mol. The standard InChI is InChI=1S/C17H27N.C2H6/c1-14(2)16-17(10-6-7-11-17)13-18(16)12-15-8-4-3-5-9-15;1-2/h4,8-9,14,16H,3,5-7,10-13H2,1-2H3;1-2H3. The molecule has 0 amide bonds. The van der Waals surface area contributed by atoms with E-state index in [1.54, 1.807) is 5.57 Å². The van der Waals surface area contributed by atoms with Crippen molar-refractivity contribution < 1.29 is 0 Å². The predicted octanol–water partition coefficient (Wildman–Crippen LogP) is 5.19. The van der Waals surface area contributed by atoms with E-state index in [0.29, 0.717) is 5.41 Å². The first-order chi connectivity index (χ1) is 9.71. The Labute approximate surface area is 126 Å². The van der Waals surface area contributed by atoms with Gasteiger partial charge in [-0.25, -0.2) is 0 Å². The van der Waals surface area contributed by atoms with Gasteiger partial charge in [0, 0.05) is 19.1 Å². The van der Waals surface area contributed by atoms with Crippen LogP contribution in [0.5, 0.6) is 0 Å². The van der Waals surface area contributed by atoms with Crippen molar-refractivity contribution in [2.45, 2.75) is 72.3 Å². The first-order valence-corrected chi connectivity index (χ1v) is 8.81. The Morgan fingerprint density at radius 1 is 1.20 bits per heavy atom. The first kappa shape index (κ1) is 15.8. The van der Waals surface area contributed by atoms with Gasteiger partial charge in [0.25, 0.3) is 0 Å². The van der Waals surface area contributed by atoms with Gasteiger partial charge in [0.05, 0.1) is 0 Å². The molecule has 2 aliphatic carbocycles. The van der Waals surface area contributed by atoms with Gasteiger partial charge in [-0.05, 0) is 42.6 Å². The fourth-order valence-corrected chi connectivity index (χ4v) is 4.71. The highest BCUT2D eigenvalue weighted by Crippen LogP contribution is 2.53. The third-order valence-corrected chi connectivity index (χ3v) is 5.23. The maximum absolute atomic E-state index is 2.75. The number of nitrogens with zero attached hydrogens (tertiary/aromatic N) is 1. The lowest BCUT2D eigenvalue weighted by Crippen LogP contribution is -2.65. The van der Waals surface area contributed by atoms with Gasteiger partial charge in [-0.1, -0.05) is 58.8 Å². The highest BCUT2D eigenvalue weighted by Gasteiger charge is 2.54. The van der Waals surface area contributed by atoms with Crippen molar-refractivity contribution in [1.29, 1.82) is 0 Å². The molecule has 1 heterocycles. The number of rotatable bonds is 3. The largest absolute Gasteiger partial charge is 0.295 e. The van der Waals surface area contributed by atoms with E-state index < -0.39 is 0 Å². The summed E-state index contributed by atoms with van der Waals surface area (Å²) in [4.78, 5) is 2.75. The molecular formula is C19H33N. The summed E-state index contributed by atoms with van der Waals surface area (Å²) in [6.07, 6.45) is 15.5. The summed E-state index contributed by atoms with van der Waals surface area (Å²) in [7, 11) is 0. The molecule has 0 N–H and O–H groups in total. The Morgan fingerprint density at radius 2 is 1.90 bits per heavy atom. The van der Waals surface area contributed by atoms with Crippen LogP contribution in [0.3, 0.4) is 0 Å². The molecule has 1 atom stereocenters. The van der Waals surface area contributed by atoms with Crippen LogP contribution in [0.1, 0.15) is 66.2 Å². The molecule has 1 unspecified atom stereocenters. The molecule has 20 heavy (non-hydrogen) atoms. The second-order valence-electron chi connectivity index (χ2n) is 6.92. The fraction of sp³-hybridized carbons (Fsp3) is 0.789. The minimum absolute atomic E-state index is 0.701. The topological polar surface area (TPSA) is 3.24 Å². The first-order valence-electron chi connectivity index (χ1n) is 8.81. The summed E-state index contributed by atoms with van der Waals surface area (Å²) < 4.78 is 0. The Hall–Kier alpha value is -0.560. The van der Waals surface area contributed by atoms with E-state index in [4.69, 9.17) is 0 Å². The van der Waals surface area contributed by atoms with Crippen LogP contribution in [-0.4, -0.2) is 24.0 Å². The van der Waals surface area contributed by atoms with Crippen LogP contribution in [0.15, 0.2) is 23.8 Å². The monoisotopic (exact) mass is 275 g/mol. The van der Waals surface area contributed by atoms with Crippen LogP contribution in [0.25, 0.3) is 0 Å². The molecule has 0 radical (unpaired) electrons. The van der Waals surface area contributed by atoms with E-state index >= 15 is 0 Å². The van der Waals surface area contributed by atoms with Crippen molar-refractivity contribution >= 4 is 0 Å². The lowest BCUT2D eigenvalue weighted by Gasteiger charge is -2.58. The summed E-state index contributed by atoms with van der Waals surface area (Å²) >= 11 is 0. The normalized spacial score (nSPS) is 28.1. The summed E-state index contributed by atoms with van der Waals surface area (Å²) in [6.45, 7) is 11.4. The highest BCUT2D eigenvalue weighted by molar-refractivity contribution is 5.25. The van der Waals surface area contributed by atoms with Crippen LogP contribution in [0, 0.1) is 11.3 Å². The molecule has 0 aromatic heterocycles. The van der Waals surface area contributed by atoms with Gasteiger partial charge in [-0.2, -0.15) is 0 Å². The maximum Gasteiger partial charge on any atom is 0.0234 e. The molecule has 0 bridgehead atoms. The van der Waals surface area contributed by atoms with E-state index in [9.17, 15) is 0 Å². The van der Waals surface area contributed by atoms with Crippen LogP contribution in [0.2, 0.25) is 0 Å². The van der Waals surface area contributed by atoms with Gasteiger partial charge in [-0.3, -0.25) is 4.90 Å². The summed E-state index contributed by atoms with van der Waals surface area (Å²) in [5, 5.41) is 0. The van der Waals surface area contributed by atoms with Crippen LogP contribution < -0.4 is 0 Å². The smallest absolute Gasteiger partial charge is 0.0234 e. The van der Waals surface area contributed by atoms with Crippen LogP contribution in [0.4, 0.5) is 0 Å². The third-order valence-electron chi connectivity index (χ3n) is 5.23. The summed E-state index contributed by atoms with van der Waals surface area (Å²) in [5.41, 5.74) is 2.26. The van der Waals surface area contributed by atoms with Crippen molar-refractivity contribution in [3.8, 4) is 0 Å². The van der Waals surface area contributed by atoms with Gasteiger partial charge >= 0.3 is 0 Å². The minimum atomic E-state index is 0.701. The molecule has 114 valence electrons. The predicted molar refractivity (Wildman–Crippen MR) is 88.9 cm³/mol. The third kappa shape index (κ3) is 3.03. The zero-order valence-electron chi connectivity index (χ0n) is 14.0. The molecule has 0 aromatic rings. The van der Waals surface area contributed by atoms with Crippen molar-refractivity contribution in [2.24, 2.45) is 11.3 Å². The van der Waals surface area contributed by atoms with E-state index in [2.05, 4.69) is 37.0 Å². The van der Waals surface area contributed by atoms with E-state index in [0.717, 1.165) is 12.0 Å². The van der Waals surface area contributed by atoms with Gasteiger partial charge in [0.2, 0.25) is 0 Å².